The first-order valence-corrected chi connectivity index (χ1v) is 6.18. The molecule has 0 bridgehead atoms. The molecule has 0 aromatic rings. The van der Waals surface area contributed by atoms with E-state index in [0.717, 1.165) is 0 Å². The summed E-state index contributed by atoms with van der Waals surface area (Å²) in [5.41, 5.74) is -0.993. The van der Waals surface area contributed by atoms with Gasteiger partial charge in [-0.05, 0) is 41.5 Å². The molecule has 0 aliphatic rings. The summed E-state index contributed by atoms with van der Waals surface area (Å²) in [5.74, 6) is -0.612. The van der Waals surface area contributed by atoms with E-state index in [4.69, 9.17) is 9.47 Å². The number of esters is 2. The lowest BCUT2D eigenvalue weighted by molar-refractivity contribution is -0.154. The molecule has 0 fully saturated rings. The van der Waals surface area contributed by atoms with Gasteiger partial charge in [0.1, 0.15) is 5.60 Å². The fraction of sp³-hybridized carbons (Fsp3) is 0.846. The first-order chi connectivity index (χ1) is 8.06. The van der Waals surface area contributed by atoms with E-state index in [2.05, 4.69) is 5.32 Å². The van der Waals surface area contributed by atoms with Gasteiger partial charge in [0.05, 0.1) is 19.6 Å². The van der Waals surface area contributed by atoms with Crippen molar-refractivity contribution in [3.63, 3.8) is 0 Å². The van der Waals surface area contributed by atoms with Crippen LogP contribution >= 0.6 is 0 Å². The molecule has 1 N–H and O–H groups in total. The lowest BCUT2D eigenvalue weighted by atomic mass is 10.0. The third-order valence-electron chi connectivity index (χ3n) is 2.02. The van der Waals surface area contributed by atoms with Gasteiger partial charge >= 0.3 is 11.9 Å². The highest BCUT2D eigenvalue weighted by atomic mass is 16.6. The largest absolute Gasteiger partial charge is 0.466 e. The molecule has 5 heteroatoms. The molecule has 5 nitrogen and oxygen atoms in total. The average molecular weight is 259 g/mol. The van der Waals surface area contributed by atoms with Crippen LogP contribution in [0.3, 0.4) is 0 Å². The van der Waals surface area contributed by atoms with E-state index in [1.807, 2.05) is 34.6 Å². The molecule has 0 saturated carbocycles. The van der Waals surface area contributed by atoms with Crippen molar-refractivity contribution in [3.8, 4) is 0 Å². The molecule has 0 atom stereocenters. The van der Waals surface area contributed by atoms with E-state index in [9.17, 15) is 9.59 Å². The Morgan fingerprint density at radius 1 is 1.06 bits per heavy atom. The van der Waals surface area contributed by atoms with Crippen molar-refractivity contribution in [3.05, 3.63) is 0 Å². The second-order valence-electron chi connectivity index (χ2n) is 5.81. The Morgan fingerprint density at radius 2 is 1.61 bits per heavy atom. The minimum Gasteiger partial charge on any atom is -0.466 e. The zero-order valence-corrected chi connectivity index (χ0v) is 12.3. The second-order valence-corrected chi connectivity index (χ2v) is 5.81. The molecule has 0 heterocycles. The quantitative estimate of drug-likeness (QED) is 0.735. The van der Waals surface area contributed by atoms with E-state index in [0.29, 0.717) is 6.61 Å². The van der Waals surface area contributed by atoms with Crippen LogP contribution < -0.4 is 5.32 Å². The van der Waals surface area contributed by atoms with Crippen molar-refractivity contribution in [2.75, 3.05) is 13.2 Å². The Morgan fingerprint density at radius 3 is 2.06 bits per heavy atom. The SMILES string of the molecule is CCOC(=O)CC(C)(C)NCC(=O)OC(C)(C)C. The average Bonchev–Trinajstić information content (AvgIpc) is 2.11. The predicted molar refractivity (Wildman–Crippen MR) is 69.2 cm³/mol. The van der Waals surface area contributed by atoms with Gasteiger partial charge in [-0.3, -0.25) is 9.59 Å². The Kier molecular flexibility index (Phi) is 6.32. The maximum Gasteiger partial charge on any atom is 0.320 e. The van der Waals surface area contributed by atoms with Crippen molar-refractivity contribution in [1.82, 2.24) is 5.32 Å². The molecule has 0 aliphatic heterocycles. The van der Waals surface area contributed by atoms with Crippen molar-refractivity contribution >= 4 is 11.9 Å². The summed E-state index contributed by atoms with van der Waals surface area (Å²) in [6, 6.07) is 0. The van der Waals surface area contributed by atoms with Gasteiger partial charge in [-0.15, -0.1) is 0 Å². The summed E-state index contributed by atoms with van der Waals surface area (Å²) in [4.78, 5) is 22.9. The lowest BCUT2D eigenvalue weighted by Crippen LogP contribution is -2.45. The van der Waals surface area contributed by atoms with Crippen LogP contribution in [0.15, 0.2) is 0 Å². The molecule has 0 rings (SSSR count). The molecule has 106 valence electrons. The second kappa shape index (κ2) is 6.73. The molecule has 0 amide bonds. The fourth-order valence-corrected chi connectivity index (χ4v) is 1.32. The van der Waals surface area contributed by atoms with Crippen LogP contribution in [0.1, 0.15) is 48.0 Å². The maximum absolute atomic E-state index is 11.5. The molecule has 0 saturated heterocycles. The topological polar surface area (TPSA) is 64.6 Å². The number of ether oxygens (including phenoxy) is 2. The summed E-state index contributed by atoms with van der Waals surface area (Å²) < 4.78 is 10.0. The van der Waals surface area contributed by atoms with Crippen LogP contribution in [0.5, 0.6) is 0 Å². The smallest absolute Gasteiger partial charge is 0.320 e. The molecule has 0 unspecified atom stereocenters. The van der Waals surface area contributed by atoms with E-state index < -0.39 is 11.1 Å². The van der Waals surface area contributed by atoms with E-state index in [1.165, 1.54) is 0 Å². The molecular weight excluding hydrogens is 234 g/mol. The Bertz CT molecular complexity index is 292. The summed E-state index contributed by atoms with van der Waals surface area (Å²) in [6.45, 7) is 11.3. The van der Waals surface area contributed by atoms with Gasteiger partial charge in [-0.25, -0.2) is 0 Å². The lowest BCUT2D eigenvalue weighted by Gasteiger charge is -2.26. The normalized spacial score (nSPS) is 12.1. The summed E-state index contributed by atoms with van der Waals surface area (Å²) in [5, 5.41) is 3.00. The molecule has 0 aromatic heterocycles. The highest BCUT2D eigenvalue weighted by Crippen LogP contribution is 2.10. The van der Waals surface area contributed by atoms with Crippen molar-refractivity contribution < 1.29 is 19.1 Å². The number of carbonyl (C=O) groups excluding carboxylic acids is 2. The highest BCUT2D eigenvalue weighted by molar-refractivity contribution is 5.73. The van der Waals surface area contributed by atoms with E-state index in [-0.39, 0.29) is 24.9 Å². The van der Waals surface area contributed by atoms with Crippen LogP contribution in [-0.4, -0.2) is 36.2 Å². The van der Waals surface area contributed by atoms with Gasteiger partial charge in [0.2, 0.25) is 0 Å². The summed E-state index contributed by atoms with van der Waals surface area (Å²) in [6.07, 6.45) is 0.212. The van der Waals surface area contributed by atoms with Crippen molar-refractivity contribution in [1.29, 1.82) is 0 Å². The van der Waals surface area contributed by atoms with Gasteiger partial charge in [0.25, 0.3) is 0 Å². The van der Waals surface area contributed by atoms with Crippen LogP contribution in [0, 0.1) is 0 Å². The van der Waals surface area contributed by atoms with Gasteiger partial charge in [-0.2, -0.15) is 0 Å². The first-order valence-electron chi connectivity index (χ1n) is 6.18. The van der Waals surface area contributed by atoms with E-state index in [1.54, 1.807) is 6.92 Å². The Balaban J connectivity index is 4.10. The fourth-order valence-electron chi connectivity index (χ4n) is 1.32. The predicted octanol–water partition coefficient (Wildman–Crippen LogP) is 1.65. The summed E-state index contributed by atoms with van der Waals surface area (Å²) >= 11 is 0. The molecule has 0 aliphatic carbocycles. The first kappa shape index (κ1) is 16.9. The zero-order chi connectivity index (χ0) is 14.4. The minimum atomic E-state index is -0.497. The third-order valence-corrected chi connectivity index (χ3v) is 2.02. The monoisotopic (exact) mass is 259 g/mol. The van der Waals surface area contributed by atoms with Crippen molar-refractivity contribution in [2.45, 2.75) is 59.1 Å². The molecule has 0 spiro atoms. The minimum absolute atomic E-state index is 0.0731. The number of nitrogens with one attached hydrogen (secondary N) is 1. The third kappa shape index (κ3) is 8.98. The highest BCUT2D eigenvalue weighted by Gasteiger charge is 2.24. The summed E-state index contributed by atoms with van der Waals surface area (Å²) in [7, 11) is 0. The van der Waals surface area contributed by atoms with Crippen LogP contribution in [0.25, 0.3) is 0 Å². The number of hydrogen-bond acceptors (Lipinski definition) is 5. The van der Waals surface area contributed by atoms with Crippen molar-refractivity contribution in [2.24, 2.45) is 0 Å². The molecule has 0 aromatic carbocycles. The Labute approximate surface area is 109 Å². The number of hydrogen-bond donors (Lipinski definition) is 1. The maximum atomic E-state index is 11.5. The zero-order valence-electron chi connectivity index (χ0n) is 12.3. The standard InChI is InChI=1S/C13H25NO4/c1-7-17-10(15)8-13(5,6)14-9-11(16)18-12(2,3)4/h14H,7-9H2,1-6H3. The van der Waals surface area contributed by atoms with Crippen LogP contribution in [0.4, 0.5) is 0 Å². The van der Waals surface area contributed by atoms with Crippen LogP contribution in [0.2, 0.25) is 0 Å². The van der Waals surface area contributed by atoms with Gasteiger partial charge < -0.3 is 14.8 Å². The molecular formula is C13H25NO4. The van der Waals surface area contributed by atoms with Gasteiger partial charge in [0.15, 0.2) is 0 Å². The van der Waals surface area contributed by atoms with Crippen LogP contribution in [-0.2, 0) is 19.1 Å². The number of rotatable bonds is 6. The van der Waals surface area contributed by atoms with Gasteiger partial charge in [0, 0.05) is 5.54 Å². The Hall–Kier alpha value is -1.10. The van der Waals surface area contributed by atoms with Gasteiger partial charge in [-0.1, -0.05) is 0 Å². The molecule has 0 radical (unpaired) electrons. The molecule has 18 heavy (non-hydrogen) atoms. The van der Waals surface area contributed by atoms with E-state index >= 15 is 0 Å². The number of carbonyl (C=O) groups is 2.